The smallest absolute Gasteiger partial charge is 0.248 e. The molecule has 2 aromatic rings. The first-order valence-electron chi connectivity index (χ1n) is 12.8. The zero-order valence-electron chi connectivity index (χ0n) is 19.7. The predicted molar refractivity (Wildman–Crippen MR) is 131 cm³/mol. The highest BCUT2D eigenvalue weighted by Gasteiger charge is 2.10. The normalized spacial score (nSPS) is 11.6. The molecule has 0 radical (unpaired) electrons. The minimum Gasteiger partial charge on any atom is -0.273 e. The van der Waals surface area contributed by atoms with Gasteiger partial charge in [0, 0.05) is 6.42 Å². The number of aromatic nitrogens is 3. The third kappa shape index (κ3) is 10.8. The van der Waals surface area contributed by atoms with Crippen LogP contribution >= 0.6 is 0 Å². The Labute approximate surface area is 189 Å². The van der Waals surface area contributed by atoms with E-state index in [1.165, 1.54) is 94.6 Å². The average molecular weight is 426 g/mol. The Balaban J connectivity index is 1.36. The standard InChI is InChI=1S/C27H43N3O/c1-2-3-4-5-6-7-8-9-10-11-12-13-14-15-16-17-18-19-24-27(31)30-26-23-21-20-22-25(26)28-29-30/h9-10,20-23H,2-8,11-19,24H2,1H3/b10-9+. The lowest BCUT2D eigenvalue weighted by Crippen LogP contribution is -2.12. The molecule has 0 aliphatic carbocycles. The number of allylic oxidation sites excluding steroid dienone is 2. The van der Waals surface area contributed by atoms with E-state index >= 15 is 0 Å². The van der Waals surface area contributed by atoms with E-state index in [-0.39, 0.29) is 5.91 Å². The number of carbonyl (C=O) groups is 1. The van der Waals surface area contributed by atoms with E-state index in [1.807, 2.05) is 24.3 Å². The number of para-hydroxylation sites is 1. The first-order chi connectivity index (χ1) is 15.3. The van der Waals surface area contributed by atoms with E-state index in [1.54, 1.807) is 0 Å². The summed E-state index contributed by atoms with van der Waals surface area (Å²) in [5.41, 5.74) is 1.59. The number of carbonyl (C=O) groups excluding carboxylic acids is 1. The molecule has 4 nitrogen and oxygen atoms in total. The van der Waals surface area contributed by atoms with Crippen molar-refractivity contribution < 1.29 is 4.79 Å². The Morgan fingerprint density at radius 2 is 1.32 bits per heavy atom. The average Bonchev–Trinajstić information content (AvgIpc) is 3.22. The summed E-state index contributed by atoms with van der Waals surface area (Å²) in [6.45, 7) is 2.27. The number of benzene rings is 1. The van der Waals surface area contributed by atoms with Gasteiger partial charge in [0.15, 0.2) is 0 Å². The van der Waals surface area contributed by atoms with Gasteiger partial charge in [0.05, 0.1) is 5.52 Å². The summed E-state index contributed by atoms with van der Waals surface area (Å²) in [7, 11) is 0. The monoisotopic (exact) mass is 425 g/mol. The molecule has 0 unspecified atom stereocenters. The third-order valence-corrected chi connectivity index (χ3v) is 5.99. The van der Waals surface area contributed by atoms with Crippen molar-refractivity contribution in [2.24, 2.45) is 0 Å². The minimum absolute atomic E-state index is 0.0539. The molecular weight excluding hydrogens is 382 g/mol. The SMILES string of the molecule is CCCCCCCC/C=C/CCCCCCCCCCC(=O)n1nnc2ccccc21. The zero-order valence-corrected chi connectivity index (χ0v) is 19.7. The van der Waals surface area contributed by atoms with Crippen LogP contribution in [-0.2, 0) is 0 Å². The van der Waals surface area contributed by atoms with Crippen LogP contribution in [0.3, 0.4) is 0 Å². The van der Waals surface area contributed by atoms with Gasteiger partial charge in [-0.2, -0.15) is 4.68 Å². The van der Waals surface area contributed by atoms with Crippen LogP contribution in [0, 0.1) is 0 Å². The number of nitrogens with zero attached hydrogens (tertiary/aromatic N) is 3. The maximum absolute atomic E-state index is 12.3. The summed E-state index contributed by atoms with van der Waals surface area (Å²) in [5.74, 6) is 0.0539. The van der Waals surface area contributed by atoms with Gasteiger partial charge in [0.1, 0.15) is 5.52 Å². The van der Waals surface area contributed by atoms with Gasteiger partial charge < -0.3 is 0 Å². The van der Waals surface area contributed by atoms with Crippen molar-refractivity contribution in [3.8, 4) is 0 Å². The van der Waals surface area contributed by atoms with E-state index in [4.69, 9.17) is 0 Å². The van der Waals surface area contributed by atoms with Gasteiger partial charge in [-0.1, -0.05) is 107 Å². The van der Waals surface area contributed by atoms with E-state index in [0.717, 1.165) is 23.9 Å². The van der Waals surface area contributed by atoms with Gasteiger partial charge in [-0.3, -0.25) is 4.79 Å². The fraction of sp³-hybridized carbons (Fsp3) is 0.667. The molecule has 0 saturated heterocycles. The van der Waals surface area contributed by atoms with Gasteiger partial charge in [-0.05, 0) is 44.2 Å². The van der Waals surface area contributed by atoms with Gasteiger partial charge in [-0.15, -0.1) is 5.10 Å². The Morgan fingerprint density at radius 3 is 1.97 bits per heavy atom. The van der Waals surface area contributed by atoms with Crippen molar-refractivity contribution in [3.05, 3.63) is 36.4 Å². The second-order valence-electron chi connectivity index (χ2n) is 8.78. The molecule has 4 heteroatoms. The van der Waals surface area contributed by atoms with Crippen LogP contribution in [0.25, 0.3) is 11.0 Å². The lowest BCUT2D eigenvalue weighted by Gasteiger charge is -2.03. The zero-order chi connectivity index (χ0) is 22.0. The van der Waals surface area contributed by atoms with Gasteiger partial charge in [0.2, 0.25) is 5.91 Å². The quantitative estimate of drug-likeness (QED) is 0.178. The Kier molecular flexibility index (Phi) is 13.6. The minimum atomic E-state index is 0.0539. The fourth-order valence-electron chi connectivity index (χ4n) is 4.04. The second kappa shape index (κ2) is 16.7. The van der Waals surface area contributed by atoms with Gasteiger partial charge in [-0.25, -0.2) is 0 Å². The van der Waals surface area contributed by atoms with Crippen LogP contribution in [0.1, 0.15) is 121 Å². The summed E-state index contributed by atoms with van der Waals surface area (Å²) in [6, 6.07) is 7.62. The fourth-order valence-corrected chi connectivity index (χ4v) is 4.04. The molecule has 0 N–H and O–H groups in total. The highest BCUT2D eigenvalue weighted by Crippen LogP contribution is 2.14. The van der Waals surface area contributed by atoms with Crippen molar-refractivity contribution in [1.82, 2.24) is 15.0 Å². The maximum atomic E-state index is 12.3. The number of rotatable bonds is 18. The summed E-state index contributed by atoms with van der Waals surface area (Å²) >= 11 is 0. The lowest BCUT2D eigenvalue weighted by atomic mass is 10.1. The van der Waals surface area contributed by atoms with Crippen LogP contribution in [0.15, 0.2) is 36.4 Å². The van der Waals surface area contributed by atoms with Gasteiger partial charge in [0.25, 0.3) is 0 Å². The molecular formula is C27H43N3O. The summed E-state index contributed by atoms with van der Waals surface area (Å²) < 4.78 is 1.46. The lowest BCUT2D eigenvalue weighted by molar-refractivity contribution is 0.0886. The summed E-state index contributed by atoms with van der Waals surface area (Å²) in [5, 5.41) is 8.06. The Bertz CT molecular complexity index is 750. The molecule has 172 valence electrons. The van der Waals surface area contributed by atoms with Crippen molar-refractivity contribution >= 4 is 16.9 Å². The first kappa shape index (κ1) is 25.3. The summed E-state index contributed by atoms with van der Waals surface area (Å²) in [4.78, 5) is 12.3. The van der Waals surface area contributed by atoms with E-state index in [2.05, 4.69) is 29.4 Å². The molecule has 1 aromatic heterocycles. The number of hydrogen-bond donors (Lipinski definition) is 0. The second-order valence-corrected chi connectivity index (χ2v) is 8.78. The van der Waals surface area contributed by atoms with Crippen LogP contribution in [0.2, 0.25) is 0 Å². The van der Waals surface area contributed by atoms with E-state index in [0.29, 0.717) is 6.42 Å². The van der Waals surface area contributed by atoms with Crippen molar-refractivity contribution in [2.75, 3.05) is 0 Å². The molecule has 0 aliphatic rings. The Morgan fingerprint density at radius 1 is 0.774 bits per heavy atom. The maximum Gasteiger partial charge on any atom is 0.248 e. The molecule has 0 bridgehead atoms. The summed E-state index contributed by atoms with van der Waals surface area (Å²) in [6.07, 6.45) is 26.1. The molecule has 1 heterocycles. The van der Waals surface area contributed by atoms with Crippen molar-refractivity contribution in [3.63, 3.8) is 0 Å². The van der Waals surface area contributed by atoms with E-state index < -0.39 is 0 Å². The van der Waals surface area contributed by atoms with Crippen molar-refractivity contribution in [1.29, 1.82) is 0 Å². The molecule has 31 heavy (non-hydrogen) atoms. The topological polar surface area (TPSA) is 47.8 Å². The molecule has 0 saturated carbocycles. The van der Waals surface area contributed by atoms with Crippen LogP contribution in [0.4, 0.5) is 0 Å². The van der Waals surface area contributed by atoms with Crippen molar-refractivity contribution in [2.45, 2.75) is 116 Å². The molecule has 0 fully saturated rings. The van der Waals surface area contributed by atoms with Gasteiger partial charge >= 0.3 is 0 Å². The molecule has 0 amide bonds. The highest BCUT2D eigenvalue weighted by atomic mass is 16.2. The van der Waals surface area contributed by atoms with E-state index in [9.17, 15) is 4.79 Å². The molecule has 0 atom stereocenters. The molecule has 0 spiro atoms. The van der Waals surface area contributed by atoms with Crippen LogP contribution in [-0.4, -0.2) is 20.9 Å². The molecule has 0 aliphatic heterocycles. The molecule has 2 rings (SSSR count). The highest BCUT2D eigenvalue weighted by molar-refractivity contribution is 5.88. The van der Waals surface area contributed by atoms with Crippen LogP contribution < -0.4 is 0 Å². The third-order valence-electron chi connectivity index (χ3n) is 5.99. The Hall–Kier alpha value is -1.97. The van der Waals surface area contributed by atoms with Crippen LogP contribution in [0.5, 0.6) is 0 Å². The molecule has 1 aromatic carbocycles. The number of hydrogen-bond acceptors (Lipinski definition) is 3. The first-order valence-corrected chi connectivity index (χ1v) is 12.8. The number of unbranched alkanes of at least 4 members (excludes halogenated alkanes) is 14. The number of fused-ring (bicyclic) bond motifs is 1. The largest absolute Gasteiger partial charge is 0.273 e. The predicted octanol–water partition coefficient (Wildman–Crippen LogP) is 8.28.